The Hall–Kier alpha value is -2.36. The number of sulfonamides is 1. The molecule has 1 aliphatic rings. The number of carbonyl (C=O) groups excluding carboxylic acids is 1. The summed E-state index contributed by atoms with van der Waals surface area (Å²) in [6.45, 7) is 1.07. The molecule has 0 saturated carbocycles. The number of carbonyl (C=O) groups is 1. The fraction of sp³-hybridized carbons (Fsp3) is 0.263. The summed E-state index contributed by atoms with van der Waals surface area (Å²) in [6, 6.07) is 11.7. The van der Waals surface area contributed by atoms with Crippen LogP contribution in [0.15, 0.2) is 53.4 Å². The van der Waals surface area contributed by atoms with E-state index in [1.54, 1.807) is 18.2 Å². The largest absolute Gasteiger partial charge is 0.332 e. The lowest BCUT2D eigenvalue weighted by molar-refractivity contribution is 0.0974. The molecule has 0 aliphatic carbocycles. The number of halogens is 1. The lowest BCUT2D eigenvalue weighted by Gasteiger charge is -2.25. The summed E-state index contributed by atoms with van der Waals surface area (Å²) < 4.78 is 40.4. The molecule has 0 unspecified atom stereocenters. The van der Waals surface area contributed by atoms with Crippen molar-refractivity contribution in [3.8, 4) is 0 Å². The van der Waals surface area contributed by atoms with E-state index >= 15 is 0 Å². The highest BCUT2D eigenvalue weighted by molar-refractivity contribution is 7.89. The van der Waals surface area contributed by atoms with Gasteiger partial charge in [-0.3, -0.25) is 10.1 Å². The highest BCUT2D eigenvalue weighted by Gasteiger charge is 2.25. The Morgan fingerprint density at radius 1 is 1.00 bits per heavy atom. The van der Waals surface area contributed by atoms with E-state index in [9.17, 15) is 17.6 Å². The van der Waals surface area contributed by atoms with Crippen molar-refractivity contribution >= 4 is 38.9 Å². The van der Waals surface area contributed by atoms with Crippen molar-refractivity contribution in [1.82, 2.24) is 9.62 Å². The number of piperidine rings is 1. The second-order valence-corrected chi connectivity index (χ2v) is 8.72. The van der Waals surface area contributed by atoms with Crippen LogP contribution >= 0.6 is 12.2 Å². The molecular formula is C19H20FN3O3S2. The van der Waals surface area contributed by atoms with E-state index in [0.29, 0.717) is 18.8 Å². The van der Waals surface area contributed by atoms with Gasteiger partial charge in [-0.1, -0.05) is 18.6 Å². The second-order valence-electron chi connectivity index (χ2n) is 6.38. The van der Waals surface area contributed by atoms with Gasteiger partial charge >= 0.3 is 0 Å². The summed E-state index contributed by atoms with van der Waals surface area (Å²) in [5.74, 6) is -1.31. The first-order valence-electron chi connectivity index (χ1n) is 8.85. The Bertz CT molecular complexity index is 972. The van der Waals surface area contributed by atoms with Crippen LogP contribution in [0.1, 0.15) is 29.6 Å². The molecule has 1 saturated heterocycles. The molecule has 2 N–H and O–H groups in total. The minimum Gasteiger partial charge on any atom is -0.332 e. The van der Waals surface area contributed by atoms with Gasteiger partial charge in [0.05, 0.1) is 10.5 Å². The van der Waals surface area contributed by atoms with Gasteiger partial charge in [0.15, 0.2) is 5.11 Å². The number of amides is 1. The zero-order valence-electron chi connectivity index (χ0n) is 15.0. The minimum atomic E-state index is -3.51. The Labute approximate surface area is 168 Å². The van der Waals surface area contributed by atoms with Gasteiger partial charge in [0, 0.05) is 18.8 Å². The molecule has 1 heterocycles. The van der Waals surface area contributed by atoms with Crippen LogP contribution in [0, 0.1) is 5.82 Å². The van der Waals surface area contributed by atoms with Crippen molar-refractivity contribution in [3.63, 3.8) is 0 Å². The summed E-state index contributed by atoms with van der Waals surface area (Å²) in [5.41, 5.74) is 0.394. The van der Waals surface area contributed by atoms with Gasteiger partial charge in [-0.15, -0.1) is 0 Å². The van der Waals surface area contributed by atoms with Gasteiger partial charge < -0.3 is 5.32 Å². The van der Waals surface area contributed by atoms with Gasteiger partial charge in [-0.05, 0) is 61.5 Å². The normalized spacial score (nSPS) is 15.0. The van der Waals surface area contributed by atoms with E-state index in [-0.39, 0.29) is 15.6 Å². The zero-order valence-corrected chi connectivity index (χ0v) is 16.7. The Kier molecular flexibility index (Phi) is 6.38. The number of hydrogen-bond donors (Lipinski definition) is 2. The Balaban J connectivity index is 1.63. The summed E-state index contributed by atoms with van der Waals surface area (Å²) in [6.07, 6.45) is 2.79. The van der Waals surface area contributed by atoms with E-state index in [0.717, 1.165) is 19.3 Å². The molecule has 3 rings (SSSR count). The maximum absolute atomic E-state index is 13.6. The number of nitrogens with zero attached hydrogens (tertiary/aromatic N) is 1. The van der Waals surface area contributed by atoms with Gasteiger partial charge in [0.1, 0.15) is 5.82 Å². The zero-order chi connectivity index (χ0) is 20.1. The lowest BCUT2D eigenvalue weighted by atomic mass is 10.2. The summed E-state index contributed by atoms with van der Waals surface area (Å²) in [7, 11) is -3.51. The summed E-state index contributed by atoms with van der Waals surface area (Å²) in [5, 5.41) is 5.17. The molecule has 0 aromatic heterocycles. The van der Waals surface area contributed by atoms with Crippen LogP contribution in [-0.2, 0) is 10.0 Å². The third-order valence-corrected chi connectivity index (χ3v) is 6.53. The number of rotatable bonds is 4. The Morgan fingerprint density at radius 3 is 2.29 bits per heavy atom. The van der Waals surface area contributed by atoms with Crippen LogP contribution in [0.3, 0.4) is 0 Å². The fourth-order valence-electron chi connectivity index (χ4n) is 2.94. The van der Waals surface area contributed by atoms with Crippen molar-refractivity contribution in [1.29, 1.82) is 0 Å². The van der Waals surface area contributed by atoms with Crippen LogP contribution in [0.2, 0.25) is 0 Å². The van der Waals surface area contributed by atoms with E-state index in [2.05, 4.69) is 10.6 Å². The standard InChI is InChI=1S/C19H20FN3O3S2/c20-17-7-3-2-6-16(17)18(24)22-19(27)21-14-8-10-15(11-9-14)28(25,26)23-12-4-1-5-13-23/h2-3,6-11H,1,4-5,12-13H2,(H2,21,22,24,27). The minimum absolute atomic E-state index is 0.0140. The smallest absolute Gasteiger partial charge is 0.260 e. The van der Waals surface area contributed by atoms with Crippen LogP contribution in [-0.4, -0.2) is 36.8 Å². The molecule has 6 nitrogen and oxygen atoms in total. The molecule has 2 aromatic rings. The molecule has 0 radical (unpaired) electrons. The average Bonchev–Trinajstić information content (AvgIpc) is 2.69. The number of thiocarbonyl (C=S) groups is 1. The molecule has 0 bridgehead atoms. The van der Waals surface area contributed by atoms with Crippen LogP contribution in [0.25, 0.3) is 0 Å². The Morgan fingerprint density at radius 2 is 1.64 bits per heavy atom. The monoisotopic (exact) mass is 421 g/mol. The molecule has 148 valence electrons. The van der Waals surface area contributed by atoms with E-state index < -0.39 is 21.7 Å². The topological polar surface area (TPSA) is 78.5 Å². The number of benzene rings is 2. The molecule has 1 amide bonds. The quantitative estimate of drug-likeness (QED) is 0.742. The molecule has 0 atom stereocenters. The van der Waals surface area contributed by atoms with Crippen LogP contribution in [0.4, 0.5) is 10.1 Å². The maximum Gasteiger partial charge on any atom is 0.260 e. The number of anilines is 1. The third kappa shape index (κ3) is 4.73. The first-order valence-corrected chi connectivity index (χ1v) is 10.7. The molecular weight excluding hydrogens is 401 g/mol. The number of hydrogen-bond acceptors (Lipinski definition) is 4. The maximum atomic E-state index is 13.6. The van der Waals surface area contributed by atoms with Crippen molar-refractivity contribution in [2.75, 3.05) is 18.4 Å². The average molecular weight is 422 g/mol. The molecule has 2 aromatic carbocycles. The van der Waals surface area contributed by atoms with Gasteiger partial charge in [0.2, 0.25) is 10.0 Å². The van der Waals surface area contributed by atoms with Gasteiger partial charge in [0.25, 0.3) is 5.91 Å². The first-order chi connectivity index (χ1) is 13.4. The van der Waals surface area contributed by atoms with E-state index in [4.69, 9.17) is 12.2 Å². The van der Waals surface area contributed by atoms with Gasteiger partial charge in [-0.25, -0.2) is 12.8 Å². The lowest BCUT2D eigenvalue weighted by Crippen LogP contribution is -2.35. The fourth-order valence-corrected chi connectivity index (χ4v) is 4.67. The SMILES string of the molecule is O=C(NC(=S)Nc1ccc(S(=O)(=O)N2CCCCC2)cc1)c1ccccc1F. The predicted octanol–water partition coefficient (Wildman–Crippen LogP) is 3.13. The second kappa shape index (κ2) is 8.76. The first kappa shape index (κ1) is 20.4. The van der Waals surface area contributed by atoms with E-state index in [1.165, 1.54) is 34.6 Å². The number of nitrogens with one attached hydrogen (secondary N) is 2. The molecule has 9 heteroatoms. The molecule has 28 heavy (non-hydrogen) atoms. The van der Waals surface area contributed by atoms with Gasteiger partial charge in [-0.2, -0.15) is 4.31 Å². The molecule has 0 spiro atoms. The van der Waals surface area contributed by atoms with Crippen molar-refractivity contribution in [2.45, 2.75) is 24.2 Å². The van der Waals surface area contributed by atoms with E-state index in [1.807, 2.05) is 0 Å². The highest BCUT2D eigenvalue weighted by Crippen LogP contribution is 2.22. The van der Waals surface area contributed by atoms with Crippen molar-refractivity contribution in [3.05, 3.63) is 59.9 Å². The van der Waals surface area contributed by atoms with Crippen molar-refractivity contribution in [2.24, 2.45) is 0 Å². The van der Waals surface area contributed by atoms with Crippen LogP contribution < -0.4 is 10.6 Å². The molecule has 1 fully saturated rings. The molecule has 1 aliphatic heterocycles. The highest BCUT2D eigenvalue weighted by atomic mass is 32.2. The predicted molar refractivity (Wildman–Crippen MR) is 109 cm³/mol. The summed E-state index contributed by atoms with van der Waals surface area (Å²) >= 11 is 5.07. The third-order valence-electron chi connectivity index (χ3n) is 4.41. The summed E-state index contributed by atoms with van der Waals surface area (Å²) in [4.78, 5) is 12.3. The van der Waals surface area contributed by atoms with Crippen molar-refractivity contribution < 1.29 is 17.6 Å². The van der Waals surface area contributed by atoms with Crippen LogP contribution in [0.5, 0.6) is 0 Å².